The summed E-state index contributed by atoms with van der Waals surface area (Å²) in [6, 6.07) is 20.7. The highest BCUT2D eigenvalue weighted by molar-refractivity contribution is 6.16. The Hall–Kier alpha value is -3.37. The molecule has 0 saturated heterocycles. The largest absolute Gasteiger partial charge is 0.371 e. The van der Waals surface area contributed by atoms with Crippen LogP contribution in [0.15, 0.2) is 59.1 Å². The first-order chi connectivity index (χ1) is 13.5. The van der Waals surface area contributed by atoms with Crippen LogP contribution < -0.4 is 4.90 Å². The Kier molecular flexibility index (Phi) is 5.62. The molecule has 1 heterocycles. The molecule has 0 unspecified atom stereocenters. The van der Waals surface area contributed by atoms with Crippen LogP contribution in [0.1, 0.15) is 38.3 Å². The fraction of sp³-hybridized carbons (Fsp3) is 0.292. The van der Waals surface area contributed by atoms with Gasteiger partial charge in [-0.2, -0.15) is 10.5 Å². The predicted molar refractivity (Wildman–Crippen MR) is 115 cm³/mol. The van der Waals surface area contributed by atoms with Gasteiger partial charge in [-0.15, -0.1) is 0 Å². The molecular weight excluding hydrogens is 344 g/mol. The van der Waals surface area contributed by atoms with Gasteiger partial charge in [-0.25, -0.2) is 0 Å². The highest BCUT2D eigenvalue weighted by Crippen LogP contribution is 2.41. The lowest BCUT2D eigenvalue weighted by atomic mass is 9.79. The highest BCUT2D eigenvalue weighted by atomic mass is 15.1. The van der Waals surface area contributed by atoms with Crippen LogP contribution in [0, 0.1) is 22.7 Å². The molecule has 0 radical (unpaired) electrons. The average molecular weight is 368 g/mol. The number of rotatable bonds is 6. The molecule has 4 heteroatoms. The van der Waals surface area contributed by atoms with Gasteiger partial charge in [0.25, 0.3) is 0 Å². The van der Waals surface area contributed by atoms with Gasteiger partial charge in [-0.05, 0) is 42.3 Å². The molecule has 28 heavy (non-hydrogen) atoms. The number of aliphatic imine (C=N–C) groups is 1. The molecule has 0 atom stereocenters. The summed E-state index contributed by atoms with van der Waals surface area (Å²) >= 11 is 0. The second kappa shape index (κ2) is 8.11. The molecule has 4 nitrogen and oxygen atoms in total. The van der Waals surface area contributed by atoms with E-state index in [-0.39, 0.29) is 5.41 Å². The predicted octanol–water partition coefficient (Wildman–Crippen LogP) is 5.40. The lowest BCUT2D eigenvalue weighted by molar-refractivity contribution is 0.738. The van der Waals surface area contributed by atoms with Gasteiger partial charge in [-0.1, -0.05) is 44.2 Å². The van der Waals surface area contributed by atoms with E-state index in [9.17, 15) is 5.26 Å². The second-order valence-corrected chi connectivity index (χ2v) is 7.35. The Morgan fingerprint density at radius 1 is 1.11 bits per heavy atom. The molecule has 0 aromatic heterocycles. The van der Waals surface area contributed by atoms with E-state index in [1.54, 1.807) is 0 Å². The van der Waals surface area contributed by atoms with Crippen LogP contribution in [-0.2, 0) is 5.41 Å². The smallest absolute Gasteiger partial charge is 0.101 e. The monoisotopic (exact) mass is 368 g/mol. The Morgan fingerprint density at radius 2 is 1.82 bits per heavy atom. The van der Waals surface area contributed by atoms with Gasteiger partial charge in [0.05, 0.1) is 29.5 Å². The second-order valence-electron chi connectivity index (χ2n) is 7.35. The number of para-hydroxylation sites is 1. The molecule has 0 amide bonds. The molecule has 2 aromatic carbocycles. The van der Waals surface area contributed by atoms with Crippen molar-refractivity contribution in [2.75, 3.05) is 18.0 Å². The molecule has 0 N–H and O–H groups in total. The number of hydrogen-bond acceptors (Lipinski definition) is 4. The summed E-state index contributed by atoms with van der Waals surface area (Å²) in [7, 11) is 0. The maximum absolute atomic E-state index is 9.80. The van der Waals surface area contributed by atoms with Crippen LogP contribution >= 0.6 is 0 Å². The van der Waals surface area contributed by atoms with E-state index >= 15 is 0 Å². The summed E-state index contributed by atoms with van der Waals surface area (Å²) in [4.78, 5) is 6.92. The first kappa shape index (κ1) is 19.4. The molecule has 140 valence electrons. The number of allylic oxidation sites excluding steroid dienone is 1. The number of hydrogen-bond donors (Lipinski definition) is 0. The summed E-state index contributed by atoms with van der Waals surface area (Å²) in [5, 5.41) is 18.6. The van der Waals surface area contributed by atoms with Crippen LogP contribution in [0.3, 0.4) is 0 Å². The van der Waals surface area contributed by atoms with Crippen molar-refractivity contribution in [3.8, 4) is 12.1 Å². The minimum absolute atomic E-state index is 0.297. The maximum Gasteiger partial charge on any atom is 0.101 e. The molecular formula is C24H24N4. The van der Waals surface area contributed by atoms with Crippen LogP contribution in [0.25, 0.3) is 6.08 Å². The molecule has 0 spiro atoms. The van der Waals surface area contributed by atoms with Crippen molar-refractivity contribution in [2.24, 2.45) is 4.99 Å². The third-order valence-electron chi connectivity index (χ3n) is 5.22. The lowest BCUT2D eigenvalue weighted by Gasteiger charge is -2.22. The van der Waals surface area contributed by atoms with Gasteiger partial charge in [0.15, 0.2) is 0 Å². The fourth-order valence-electron chi connectivity index (χ4n) is 3.64. The zero-order valence-electron chi connectivity index (χ0n) is 16.6. The number of benzene rings is 2. The third-order valence-corrected chi connectivity index (χ3v) is 5.22. The van der Waals surface area contributed by atoms with Crippen LogP contribution in [0.2, 0.25) is 0 Å². The van der Waals surface area contributed by atoms with Crippen molar-refractivity contribution in [3.63, 3.8) is 0 Å². The van der Waals surface area contributed by atoms with E-state index in [1.807, 2.05) is 48.5 Å². The molecule has 1 aliphatic heterocycles. The van der Waals surface area contributed by atoms with Crippen molar-refractivity contribution >= 4 is 23.2 Å². The normalized spacial score (nSPS) is 14.6. The molecule has 3 rings (SSSR count). The zero-order chi connectivity index (χ0) is 20.1. The van der Waals surface area contributed by atoms with Gasteiger partial charge in [0.2, 0.25) is 0 Å². The molecule has 1 aliphatic rings. The average Bonchev–Trinajstić information content (AvgIpc) is 2.98. The Morgan fingerprint density at radius 3 is 2.43 bits per heavy atom. The minimum atomic E-state index is -0.297. The van der Waals surface area contributed by atoms with Crippen molar-refractivity contribution in [3.05, 3.63) is 65.2 Å². The Balaban J connectivity index is 1.89. The van der Waals surface area contributed by atoms with E-state index < -0.39 is 0 Å². The zero-order valence-corrected chi connectivity index (χ0v) is 16.6. The Labute approximate surface area is 167 Å². The molecule has 0 bridgehead atoms. The summed E-state index contributed by atoms with van der Waals surface area (Å²) in [6.45, 7) is 7.87. The van der Waals surface area contributed by atoms with Gasteiger partial charge in [-0.3, -0.25) is 4.99 Å². The van der Waals surface area contributed by atoms with E-state index in [2.05, 4.69) is 43.9 Å². The topological polar surface area (TPSA) is 63.2 Å². The molecule has 2 aromatic rings. The number of nitrogens with zero attached hydrogens (tertiary/aromatic N) is 4. The third kappa shape index (κ3) is 3.68. The van der Waals surface area contributed by atoms with Gasteiger partial charge < -0.3 is 4.90 Å². The van der Waals surface area contributed by atoms with E-state index in [0.717, 1.165) is 41.3 Å². The SMILES string of the molecule is CCN(CCC#N)c1ccc(C=C(C#N)C2=Nc3ccccc3C2(C)C)cc1. The number of anilines is 1. The van der Waals surface area contributed by atoms with Gasteiger partial charge in [0, 0.05) is 24.2 Å². The molecule has 0 fully saturated rings. The minimum Gasteiger partial charge on any atom is -0.371 e. The maximum atomic E-state index is 9.80. The molecule has 0 saturated carbocycles. The van der Waals surface area contributed by atoms with Crippen molar-refractivity contribution in [1.29, 1.82) is 10.5 Å². The summed E-state index contributed by atoms with van der Waals surface area (Å²) < 4.78 is 0. The lowest BCUT2D eigenvalue weighted by Crippen LogP contribution is -2.26. The quantitative estimate of drug-likeness (QED) is 0.642. The number of fused-ring (bicyclic) bond motifs is 1. The van der Waals surface area contributed by atoms with Crippen molar-refractivity contribution in [2.45, 2.75) is 32.6 Å². The van der Waals surface area contributed by atoms with Gasteiger partial charge >= 0.3 is 0 Å². The molecule has 0 aliphatic carbocycles. The van der Waals surface area contributed by atoms with E-state index in [1.165, 1.54) is 0 Å². The first-order valence-electron chi connectivity index (χ1n) is 9.54. The standard InChI is InChI=1S/C24H24N4/c1-4-28(15-7-14-25)20-12-10-18(11-13-20)16-19(17-26)23-24(2,3)21-8-5-6-9-22(21)27-23/h5-6,8-13,16H,4,7,15H2,1-3H3. The summed E-state index contributed by atoms with van der Waals surface area (Å²) in [6.07, 6.45) is 2.41. The van der Waals surface area contributed by atoms with E-state index in [0.29, 0.717) is 12.0 Å². The van der Waals surface area contributed by atoms with Crippen LogP contribution in [0.4, 0.5) is 11.4 Å². The van der Waals surface area contributed by atoms with Gasteiger partial charge in [0.1, 0.15) is 6.07 Å². The highest BCUT2D eigenvalue weighted by Gasteiger charge is 2.36. The van der Waals surface area contributed by atoms with Crippen LogP contribution in [-0.4, -0.2) is 18.8 Å². The van der Waals surface area contributed by atoms with Crippen LogP contribution in [0.5, 0.6) is 0 Å². The summed E-state index contributed by atoms with van der Waals surface area (Å²) in [5.74, 6) is 0. The Bertz CT molecular complexity index is 998. The first-order valence-corrected chi connectivity index (χ1v) is 9.54. The fourth-order valence-corrected chi connectivity index (χ4v) is 3.64. The van der Waals surface area contributed by atoms with Crippen molar-refractivity contribution in [1.82, 2.24) is 0 Å². The van der Waals surface area contributed by atoms with Crippen molar-refractivity contribution < 1.29 is 0 Å². The summed E-state index contributed by atoms with van der Waals surface area (Å²) in [5.41, 5.74) is 5.24. The number of nitriles is 2. The van der Waals surface area contributed by atoms with E-state index in [4.69, 9.17) is 10.3 Å².